The molecule has 1 fully saturated rings. The summed E-state index contributed by atoms with van der Waals surface area (Å²) in [7, 11) is 1.43. The number of aromatic nitrogens is 2. The summed E-state index contributed by atoms with van der Waals surface area (Å²) in [5.41, 5.74) is 1.00. The zero-order valence-corrected chi connectivity index (χ0v) is 15.4. The van der Waals surface area contributed by atoms with Crippen molar-refractivity contribution in [1.82, 2.24) is 10.2 Å². The van der Waals surface area contributed by atoms with E-state index in [2.05, 4.69) is 15.1 Å². The van der Waals surface area contributed by atoms with Gasteiger partial charge in [-0.15, -0.1) is 10.2 Å². The minimum atomic E-state index is -0.533. The second-order valence-corrected chi connectivity index (χ2v) is 7.28. The number of carbonyl (C=O) groups excluding carboxylic acids is 1. The number of esters is 1. The SMILES string of the molecule is COC(=O)C(C)(C)C1CCCN(c2ccc(-c3ccc(F)cc3)nn2)C1. The third-order valence-electron chi connectivity index (χ3n) is 5.27. The second kappa shape index (κ2) is 7.40. The van der Waals surface area contributed by atoms with Crippen molar-refractivity contribution in [2.24, 2.45) is 11.3 Å². The van der Waals surface area contributed by atoms with E-state index in [4.69, 9.17) is 4.74 Å². The Hall–Kier alpha value is -2.50. The summed E-state index contributed by atoms with van der Waals surface area (Å²) in [5, 5.41) is 8.64. The van der Waals surface area contributed by atoms with Gasteiger partial charge in [0.05, 0.1) is 18.2 Å². The van der Waals surface area contributed by atoms with Gasteiger partial charge in [-0.25, -0.2) is 4.39 Å². The van der Waals surface area contributed by atoms with Crippen LogP contribution in [-0.4, -0.2) is 36.4 Å². The van der Waals surface area contributed by atoms with E-state index in [-0.39, 0.29) is 17.7 Å². The van der Waals surface area contributed by atoms with Crippen LogP contribution in [0.4, 0.5) is 10.2 Å². The van der Waals surface area contributed by atoms with Crippen LogP contribution in [0, 0.1) is 17.2 Å². The number of rotatable bonds is 4. The molecule has 0 aliphatic carbocycles. The summed E-state index contributed by atoms with van der Waals surface area (Å²) in [4.78, 5) is 14.3. The number of piperidine rings is 1. The molecule has 1 aromatic heterocycles. The molecule has 2 aromatic rings. The molecule has 1 aromatic carbocycles. The van der Waals surface area contributed by atoms with Gasteiger partial charge in [0.15, 0.2) is 5.82 Å². The first-order chi connectivity index (χ1) is 12.4. The van der Waals surface area contributed by atoms with Crippen molar-refractivity contribution in [3.8, 4) is 11.3 Å². The van der Waals surface area contributed by atoms with Crippen LogP contribution in [-0.2, 0) is 9.53 Å². The summed E-state index contributed by atoms with van der Waals surface area (Å²) in [5.74, 6) is 0.538. The molecule has 138 valence electrons. The zero-order valence-electron chi connectivity index (χ0n) is 15.4. The number of methoxy groups -OCH3 is 1. The molecule has 1 saturated heterocycles. The smallest absolute Gasteiger partial charge is 0.311 e. The minimum Gasteiger partial charge on any atom is -0.469 e. The number of ether oxygens (including phenoxy) is 1. The molecule has 6 heteroatoms. The molecule has 0 radical (unpaired) electrons. The Kier molecular flexibility index (Phi) is 5.20. The number of halogens is 1. The van der Waals surface area contributed by atoms with Crippen molar-refractivity contribution in [3.05, 3.63) is 42.2 Å². The number of carbonyl (C=O) groups is 1. The Morgan fingerprint density at radius 3 is 2.54 bits per heavy atom. The molecule has 26 heavy (non-hydrogen) atoms. The van der Waals surface area contributed by atoms with Gasteiger partial charge in [0, 0.05) is 18.7 Å². The van der Waals surface area contributed by atoms with E-state index < -0.39 is 5.41 Å². The molecule has 5 nitrogen and oxygen atoms in total. The van der Waals surface area contributed by atoms with Crippen molar-refractivity contribution in [1.29, 1.82) is 0 Å². The van der Waals surface area contributed by atoms with Gasteiger partial charge >= 0.3 is 5.97 Å². The van der Waals surface area contributed by atoms with Crippen LogP contribution < -0.4 is 4.90 Å². The van der Waals surface area contributed by atoms with Crippen molar-refractivity contribution in [2.75, 3.05) is 25.1 Å². The standard InChI is InChI=1S/C20H24FN3O2/c1-20(2,19(25)26-3)15-5-4-12-24(13-15)18-11-10-17(22-23-18)14-6-8-16(21)9-7-14/h6-11,15H,4-5,12-13H2,1-3H3. The van der Waals surface area contributed by atoms with Gasteiger partial charge < -0.3 is 9.64 Å². The molecule has 1 unspecified atom stereocenters. The summed E-state index contributed by atoms with van der Waals surface area (Å²) < 4.78 is 18.0. The molecule has 3 rings (SSSR count). The maximum absolute atomic E-state index is 13.0. The summed E-state index contributed by atoms with van der Waals surface area (Å²) in [6.07, 6.45) is 1.98. The van der Waals surface area contributed by atoms with Gasteiger partial charge in [-0.1, -0.05) is 0 Å². The third kappa shape index (κ3) is 3.69. The van der Waals surface area contributed by atoms with Crippen molar-refractivity contribution in [3.63, 3.8) is 0 Å². The minimum absolute atomic E-state index is 0.179. The highest BCUT2D eigenvalue weighted by molar-refractivity contribution is 5.76. The first-order valence-electron chi connectivity index (χ1n) is 8.85. The van der Waals surface area contributed by atoms with E-state index in [0.29, 0.717) is 5.69 Å². The summed E-state index contributed by atoms with van der Waals surface area (Å²) in [6, 6.07) is 10.0. The average molecular weight is 357 g/mol. The van der Waals surface area contributed by atoms with Crippen molar-refractivity contribution >= 4 is 11.8 Å². The lowest BCUT2D eigenvalue weighted by molar-refractivity contribution is -0.154. The van der Waals surface area contributed by atoms with Crippen molar-refractivity contribution in [2.45, 2.75) is 26.7 Å². The topological polar surface area (TPSA) is 55.3 Å². The van der Waals surface area contributed by atoms with Crippen molar-refractivity contribution < 1.29 is 13.9 Å². The summed E-state index contributed by atoms with van der Waals surface area (Å²) >= 11 is 0. The number of hydrogen-bond donors (Lipinski definition) is 0. The predicted molar refractivity (Wildman–Crippen MR) is 98.2 cm³/mol. The fraction of sp³-hybridized carbons (Fsp3) is 0.450. The first-order valence-corrected chi connectivity index (χ1v) is 8.85. The largest absolute Gasteiger partial charge is 0.469 e. The number of hydrogen-bond acceptors (Lipinski definition) is 5. The normalized spacial score (nSPS) is 17.8. The van der Waals surface area contributed by atoms with E-state index >= 15 is 0 Å². The van der Waals surface area contributed by atoms with Crippen LogP contribution >= 0.6 is 0 Å². The van der Waals surface area contributed by atoms with Gasteiger partial charge in [0.25, 0.3) is 0 Å². The Bertz CT molecular complexity index is 760. The van der Waals surface area contributed by atoms with Crippen LogP contribution in [0.3, 0.4) is 0 Å². The average Bonchev–Trinajstić information content (AvgIpc) is 2.68. The van der Waals surface area contributed by atoms with E-state index in [1.807, 2.05) is 26.0 Å². The number of benzene rings is 1. The van der Waals surface area contributed by atoms with E-state index in [9.17, 15) is 9.18 Å². The molecule has 1 atom stereocenters. The Morgan fingerprint density at radius 2 is 1.92 bits per heavy atom. The maximum atomic E-state index is 13.0. The van der Waals surface area contributed by atoms with Crippen LogP contribution in [0.15, 0.2) is 36.4 Å². The number of nitrogens with zero attached hydrogens (tertiary/aromatic N) is 3. The van der Waals surface area contributed by atoms with E-state index in [1.54, 1.807) is 12.1 Å². The van der Waals surface area contributed by atoms with Gasteiger partial charge in [-0.2, -0.15) is 0 Å². The van der Waals surface area contributed by atoms with Gasteiger partial charge in [0.1, 0.15) is 5.82 Å². The lowest BCUT2D eigenvalue weighted by atomic mass is 9.74. The fourth-order valence-corrected chi connectivity index (χ4v) is 3.47. The maximum Gasteiger partial charge on any atom is 0.311 e. The van der Waals surface area contributed by atoms with E-state index in [1.165, 1.54) is 19.2 Å². The lowest BCUT2D eigenvalue weighted by Gasteiger charge is -2.40. The highest BCUT2D eigenvalue weighted by atomic mass is 19.1. The Morgan fingerprint density at radius 1 is 1.19 bits per heavy atom. The Balaban J connectivity index is 1.74. The number of anilines is 1. The molecule has 1 aliphatic rings. The molecule has 2 heterocycles. The molecule has 0 amide bonds. The fourth-order valence-electron chi connectivity index (χ4n) is 3.47. The van der Waals surface area contributed by atoms with E-state index in [0.717, 1.165) is 37.3 Å². The van der Waals surface area contributed by atoms with Crippen LogP contribution in [0.25, 0.3) is 11.3 Å². The summed E-state index contributed by atoms with van der Waals surface area (Å²) in [6.45, 7) is 5.51. The Labute approximate surface area is 153 Å². The van der Waals surface area contributed by atoms with Gasteiger partial charge in [-0.3, -0.25) is 4.79 Å². The van der Waals surface area contributed by atoms with Gasteiger partial charge in [0.2, 0.25) is 0 Å². The first kappa shape index (κ1) is 18.3. The molecule has 0 N–H and O–H groups in total. The molecule has 0 bridgehead atoms. The zero-order chi connectivity index (χ0) is 18.7. The molecule has 0 saturated carbocycles. The quantitative estimate of drug-likeness (QED) is 0.781. The molecular formula is C20H24FN3O2. The van der Waals surface area contributed by atoms with Gasteiger partial charge in [-0.05, 0) is 69.0 Å². The lowest BCUT2D eigenvalue weighted by Crippen LogP contribution is -2.45. The predicted octanol–water partition coefficient (Wildman–Crippen LogP) is 3.70. The highest BCUT2D eigenvalue weighted by Crippen LogP contribution is 2.36. The third-order valence-corrected chi connectivity index (χ3v) is 5.27. The molecular weight excluding hydrogens is 333 g/mol. The second-order valence-electron chi connectivity index (χ2n) is 7.28. The highest BCUT2D eigenvalue weighted by Gasteiger charge is 2.40. The van der Waals surface area contributed by atoms with Crippen LogP contribution in [0.2, 0.25) is 0 Å². The van der Waals surface area contributed by atoms with Crippen LogP contribution in [0.5, 0.6) is 0 Å². The van der Waals surface area contributed by atoms with Crippen LogP contribution in [0.1, 0.15) is 26.7 Å². The molecule has 0 spiro atoms. The molecule has 1 aliphatic heterocycles. The monoisotopic (exact) mass is 357 g/mol.